The van der Waals surface area contributed by atoms with Gasteiger partial charge in [-0.25, -0.2) is 0 Å². The van der Waals surface area contributed by atoms with E-state index in [-0.39, 0.29) is 12.1 Å². The molecule has 0 amide bonds. The molecule has 2 rings (SSSR count). The van der Waals surface area contributed by atoms with E-state index in [4.69, 9.17) is 9.47 Å². The maximum absolute atomic E-state index is 5.46. The summed E-state index contributed by atoms with van der Waals surface area (Å²) in [6.45, 7) is 4.18. The lowest BCUT2D eigenvalue weighted by Crippen LogP contribution is -2.35. The van der Waals surface area contributed by atoms with Crippen molar-refractivity contribution < 1.29 is 9.47 Å². The highest BCUT2D eigenvalue weighted by atomic mass is 16.7. The summed E-state index contributed by atoms with van der Waals surface area (Å²) in [7, 11) is 0. The number of rotatable bonds is 4. The summed E-state index contributed by atoms with van der Waals surface area (Å²) >= 11 is 0. The SMILES string of the molecule is C[C@@H](NCC1CCOCO1)c1ccccn1. The Kier molecular flexibility index (Phi) is 4.27. The van der Waals surface area contributed by atoms with Crippen molar-refractivity contribution >= 4 is 0 Å². The van der Waals surface area contributed by atoms with Crippen LogP contribution in [0.5, 0.6) is 0 Å². The predicted molar refractivity (Wildman–Crippen MR) is 61.0 cm³/mol. The van der Waals surface area contributed by atoms with E-state index in [1.165, 1.54) is 0 Å². The van der Waals surface area contributed by atoms with Crippen LogP contribution in [0, 0.1) is 0 Å². The number of hydrogen-bond acceptors (Lipinski definition) is 4. The normalized spacial score (nSPS) is 22.9. The summed E-state index contributed by atoms with van der Waals surface area (Å²) in [6, 6.07) is 6.22. The van der Waals surface area contributed by atoms with Crippen LogP contribution in [-0.4, -0.2) is 31.0 Å². The topological polar surface area (TPSA) is 43.4 Å². The Balaban J connectivity index is 1.77. The Morgan fingerprint density at radius 3 is 3.19 bits per heavy atom. The van der Waals surface area contributed by atoms with Crippen molar-refractivity contribution in [2.45, 2.75) is 25.5 Å². The molecule has 0 aromatic carbocycles. The molecule has 1 aromatic heterocycles. The molecule has 4 heteroatoms. The van der Waals surface area contributed by atoms with Crippen LogP contribution in [0.2, 0.25) is 0 Å². The van der Waals surface area contributed by atoms with E-state index in [9.17, 15) is 0 Å². The van der Waals surface area contributed by atoms with Crippen LogP contribution in [0.4, 0.5) is 0 Å². The van der Waals surface area contributed by atoms with Gasteiger partial charge in [-0.15, -0.1) is 0 Å². The summed E-state index contributed by atoms with van der Waals surface area (Å²) < 4.78 is 10.6. The van der Waals surface area contributed by atoms with Gasteiger partial charge >= 0.3 is 0 Å². The molecule has 1 saturated heterocycles. The van der Waals surface area contributed by atoms with E-state index in [2.05, 4.69) is 17.2 Å². The van der Waals surface area contributed by atoms with Gasteiger partial charge < -0.3 is 14.8 Å². The quantitative estimate of drug-likeness (QED) is 0.838. The fraction of sp³-hybridized carbons (Fsp3) is 0.583. The molecule has 0 saturated carbocycles. The lowest BCUT2D eigenvalue weighted by Gasteiger charge is -2.24. The summed E-state index contributed by atoms with van der Waals surface area (Å²) in [5.74, 6) is 0. The summed E-state index contributed by atoms with van der Waals surface area (Å²) in [6.07, 6.45) is 3.04. The molecular weight excluding hydrogens is 204 g/mol. The minimum atomic E-state index is 0.257. The molecule has 1 aromatic rings. The van der Waals surface area contributed by atoms with E-state index < -0.39 is 0 Å². The van der Waals surface area contributed by atoms with Gasteiger partial charge in [-0.3, -0.25) is 4.98 Å². The lowest BCUT2D eigenvalue weighted by atomic mass is 10.2. The third-order valence-electron chi connectivity index (χ3n) is 2.75. The maximum atomic E-state index is 5.46. The van der Waals surface area contributed by atoms with Gasteiger partial charge in [0.2, 0.25) is 0 Å². The van der Waals surface area contributed by atoms with Crippen molar-refractivity contribution in [3.8, 4) is 0 Å². The number of pyridine rings is 1. The second-order valence-corrected chi connectivity index (χ2v) is 3.99. The Labute approximate surface area is 96.0 Å². The first kappa shape index (κ1) is 11.5. The van der Waals surface area contributed by atoms with Crippen LogP contribution in [0.15, 0.2) is 24.4 Å². The molecule has 0 bridgehead atoms. The molecule has 0 aliphatic carbocycles. The third-order valence-corrected chi connectivity index (χ3v) is 2.75. The van der Waals surface area contributed by atoms with Crippen molar-refractivity contribution in [2.24, 2.45) is 0 Å². The van der Waals surface area contributed by atoms with E-state index >= 15 is 0 Å². The lowest BCUT2D eigenvalue weighted by molar-refractivity contribution is -0.137. The van der Waals surface area contributed by atoms with Crippen LogP contribution < -0.4 is 5.32 Å². The average Bonchev–Trinajstić information content (AvgIpc) is 2.38. The predicted octanol–water partition coefficient (Wildman–Crippen LogP) is 1.50. The first-order valence-corrected chi connectivity index (χ1v) is 5.70. The third kappa shape index (κ3) is 3.27. The van der Waals surface area contributed by atoms with Crippen LogP contribution in [0.25, 0.3) is 0 Å². The molecule has 1 unspecified atom stereocenters. The molecule has 1 aliphatic rings. The Morgan fingerprint density at radius 2 is 2.50 bits per heavy atom. The first-order valence-electron chi connectivity index (χ1n) is 5.70. The summed E-state index contributed by atoms with van der Waals surface area (Å²) in [4.78, 5) is 4.31. The zero-order valence-corrected chi connectivity index (χ0v) is 9.56. The van der Waals surface area contributed by atoms with Gasteiger partial charge in [0.15, 0.2) is 0 Å². The molecule has 0 spiro atoms. The van der Waals surface area contributed by atoms with E-state index in [0.29, 0.717) is 6.79 Å². The second-order valence-electron chi connectivity index (χ2n) is 3.99. The van der Waals surface area contributed by atoms with Gasteiger partial charge in [-0.05, 0) is 25.5 Å². The van der Waals surface area contributed by atoms with Crippen molar-refractivity contribution in [1.29, 1.82) is 0 Å². The standard InChI is InChI=1S/C12H18N2O2/c1-10(12-4-2-3-6-13-12)14-8-11-5-7-15-9-16-11/h2-4,6,10-11,14H,5,7-9H2,1H3/t10-,11?/m1/s1. The van der Waals surface area contributed by atoms with Crippen molar-refractivity contribution in [3.05, 3.63) is 30.1 Å². The molecule has 0 radical (unpaired) electrons. The molecule has 2 heterocycles. The minimum absolute atomic E-state index is 0.257. The van der Waals surface area contributed by atoms with E-state index in [0.717, 1.165) is 25.3 Å². The number of ether oxygens (including phenoxy) is 2. The monoisotopic (exact) mass is 222 g/mol. The van der Waals surface area contributed by atoms with Gasteiger partial charge in [0.25, 0.3) is 0 Å². The number of nitrogens with zero attached hydrogens (tertiary/aromatic N) is 1. The first-order chi connectivity index (χ1) is 7.86. The van der Waals surface area contributed by atoms with Crippen LogP contribution >= 0.6 is 0 Å². The Bertz CT molecular complexity index is 299. The molecular formula is C12H18N2O2. The van der Waals surface area contributed by atoms with Crippen molar-refractivity contribution in [1.82, 2.24) is 10.3 Å². The van der Waals surface area contributed by atoms with Gasteiger partial charge in [0, 0.05) is 18.8 Å². The zero-order valence-electron chi connectivity index (χ0n) is 9.56. The molecule has 1 N–H and O–H groups in total. The van der Waals surface area contributed by atoms with Crippen molar-refractivity contribution in [2.75, 3.05) is 19.9 Å². The smallest absolute Gasteiger partial charge is 0.147 e. The molecule has 4 nitrogen and oxygen atoms in total. The van der Waals surface area contributed by atoms with E-state index in [1.54, 1.807) is 0 Å². The second kappa shape index (κ2) is 5.94. The van der Waals surface area contributed by atoms with Crippen molar-refractivity contribution in [3.63, 3.8) is 0 Å². The summed E-state index contributed by atoms with van der Waals surface area (Å²) in [5.41, 5.74) is 1.06. The molecule has 2 atom stereocenters. The van der Waals surface area contributed by atoms with Gasteiger partial charge in [-0.2, -0.15) is 0 Å². The molecule has 16 heavy (non-hydrogen) atoms. The van der Waals surface area contributed by atoms with Crippen LogP contribution in [-0.2, 0) is 9.47 Å². The van der Waals surface area contributed by atoms with Gasteiger partial charge in [-0.1, -0.05) is 6.07 Å². The van der Waals surface area contributed by atoms with Gasteiger partial charge in [0.05, 0.1) is 18.4 Å². The number of hydrogen-bond donors (Lipinski definition) is 1. The largest absolute Gasteiger partial charge is 0.355 e. The highest BCUT2D eigenvalue weighted by Crippen LogP contribution is 2.10. The number of aromatic nitrogens is 1. The fourth-order valence-electron chi connectivity index (χ4n) is 1.71. The Morgan fingerprint density at radius 1 is 1.56 bits per heavy atom. The fourth-order valence-corrected chi connectivity index (χ4v) is 1.71. The Hall–Kier alpha value is -0.970. The highest BCUT2D eigenvalue weighted by Gasteiger charge is 2.15. The van der Waals surface area contributed by atoms with Crippen LogP contribution in [0.1, 0.15) is 25.1 Å². The number of nitrogens with one attached hydrogen (secondary N) is 1. The van der Waals surface area contributed by atoms with Gasteiger partial charge in [0.1, 0.15) is 6.79 Å². The van der Waals surface area contributed by atoms with Crippen LogP contribution in [0.3, 0.4) is 0 Å². The average molecular weight is 222 g/mol. The summed E-state index contributed by atoms with van der Waals surface area (Å²) in [5, 5.41) is 3.43. The van der Waals surface area contributed by atoms with E-state index in [1.807, 2.05) is 24.4 Å². The molecule has 1 aliphatic heterocycles. The highest BCUT2D eigenvalue weighted by molar-refractivity contribution is 5.07. The molecule has 88 valence electrons. The zero-order chi connectivity index (χ0) is 11.2. The molecule has 1 fully saturated rings. The maximum Gasteiger partial charge on any atom is 0.147 e. The minimum Gasteiger partial charge on any atom is -0.355 e.